The maximum Gasteiger partial charge on any atom is 0.220 e. The molecule has 1 amide bonds. The molecule has 1 aromatic rings. The Hall–Kier alpha value is -1.60. The van der Waals surface area contributed by atoms with Crippen LogP contribution in [0.1, 0.15) is 37.5 Å². The van der Waals surface area contributed by atoms with Crippen molar-refractivity contribution in [1.82, 2.24) is 20.4 Å². The Morgan fingerprint density at radius 2 is 2.12 bits per heavy atom. The topological polar surface area (TPSA) is 60.0 Å². The van der Waals surface area contributed by atoms with Gasteiger partial charge in [-0.3, -0.25) is 14.7 Å². The van der Waals surface area contributed by atoms with Crippen LogP contribution in [0.3, 0.4) is 0 Å². The van der Waals surface area contributed by atoms with Crippen molar-refractivity contribution >= 4 is 23.2 Å². The molecule has 0 aromatic carbocycles. The van der Waals surface area contributed by atoms with E-state index < -0.39 is 0 Å². The first-order valence-corrected chi connectivity index (χ1v) is 10.7. The fraction of sp³-hybridized carbons (Fsp3) is 0.684. The van der Waals surface area contributed by atoms with Gasteiger partial charge in [-0.15, -0.1) is 11.3 Å². The lowest BCUT2D eigenvalue weighted by Gasteiger charge is -2.36. The molecule has 0 spiro atoms. The number of amides is 1. The first-order valence-electron chi connectivity index (χ1n) is 9.82. The lowest BCUT2D eigenvalue weighted by molar-refractivity contribution is -0.121. The number of hydrogen-bond acceptors (Lipinski definition) is 4. The number of hydrogen-bond donors (Lipinski definition) is 2. The molecule has 0 radical (unpaired) electrons. The molecule has 1 saturated carbocycles. The molecule has 0 unspecified atom stereocenters. The summed E-state index contributed by atoms with van der Waals surface area (Å²) < 4.78 is 0. The minimum absolute atomic E-state index is 0.176. The van der Waals surface area contributed by atoms with Gasteiger partial charge in [0.1, 0.15) is 0 Å². The fourth-order valence-corrected chi connectivity index (χ4v) is 3.86. The summed E-state index contributed by atoms with van der Waals surface area (Å²) in [5, 5.41) is 8.58. The number of nitrogens with zero attached hydrogens (tertiary/aromatic N) is 3. The molecular weight excluding hydrogens is 346 g/mol. The highest BCUT2D eigenvalue weighted by Crippen LogP contribution is 2.18. The van der Waals surface area contributed by atoms with Crippen molar-refractivity contribution in [1.29, 1.82) is 0 Å². The summed E-state index contributed by atoms with van der Waals surface area (Å²) in [5.74, 6) is 1.17. The zero-order valence-electron chi connectivity index (χ0n) is 15.7. The van der Waals surface area contributed by atoms with Gasteiger partial charge in [0.25, 0.3) is 0 Å². The normalized spacial score (nSPS) is 18.8. The third-order valence-corrected chi connectivity index (χ3v) is 5.59. The summed E-state index contributed by atoms with van der Waals surface area (Å²) >= 11 is 1.83. The highest BCUT2D eigenvalue weighted by molar-refractivity contribution is 7.09. The van der Waals surface area contributed by atoms with Crippen LogP contribution in [0.5, 0.6) is 0 Å². The van der Waals surface area contributed by atoms with Crippen LogP contribution >= 0.6 is 11.3 Å². The summed E-state index contributed by atoms with van der Waals surface area (Å²) in [6.07, 6.45) is 3.68. The Morgan fingerprint density at radius 3 is 2.77 bits per heavy atom. The average Bonchev–Trinajstić information content (AvgIpc) is 3.31. The zero-order valence-corrected chi connectivity index (χ0v) is 16.6. The summed E-state index contributed by atoms with van der Waals surface area (Å²) in [6.45, 7) is 8.85. The number of piperazine rings is 1. The minimum atomic E-state index is 0.176. The van der Waals surface area contributed by atoms with E-state index in [2.05, 4.69) is 44.9 Å². The van der Waals surface area contributed by atoms with Crippen LogP contribution in [0.25, 0.3) is 0 Å². The molecule has 144 valence electrons. The van der Waals surface area contributed by atoms with E-state index >= 15 is 0 Å². The van der Waals surface area contributed by atoms with Crippen LogP contribution in [-0.4, -0.2) is 67.0 Å². The molecule has 3 rings (SSSR count). The van der Waals surface area contributed by atoms with Gasteiger partial charge < -0.3 is 15.5 Å². The van der Waals surface area contributed by atoms with Crippen molar-refractivity contribution in [3.05, 3.63) is 22.4 Å². The van der Waals surface area contributed by atoms with E-state index in [-0.39, 0.29) is 5.91 Å². The van der Waals surface area contributed by atoms with Crippen LogP contribution in [0.2, 0.25) is 0 Å². The molecule has 2 aliphatic rings. The number of thiophene rings is 1. The van der Waals surface area contributed by atoms with Gasteiger partial charge in [0.15, 0.2) is 5.96 Å². The Bertz CT molecular complexity index is 577. The first-order chi connectivity index (χ1) is 12.7. The quantitative estimate of drug-likeness (QED) is 0.413. The predicted octanol–water partition coefficient (Wildman–Crippen LogP) is 1.89. The van der Waals surface area contributed by atoms with Crippen molar-refractivity contribution in [2.75, 3.05) is 39.3 Å². The van der Waals surface area contributed by atoms with E-state index in [1.54, 1.807) is 0 Å². The molecule has 1 aliphatic heterocycles. The van der Waals surface area contributed by atoms with Gasteiger partial charge in [0.05, 0.1) is 0 Å². The van der Waals surface area contributed by atoms with Crippen molar-refractivity contribution in [3.63, 3.8) is 0 Å². The lowest BCUT2D eigenvalue weighted by Crippen LogP contribution is -2.52. The van der Waals surface area contributed by atoms with Gasteiger partial charge in [-0.25, -0.2) is 0 Å². The van der Waals surface area contributed by atoms with E-state index in [0.29, 0.717) is 19.0 Å². The van der Waals surface area contributed by atoms with Crippen LogP contribution in [0.15, 0.2) is 22.5 Å². The van der Waals surface area contributed by atoms with E-state index in [1.165, 1.54) is 4.88 Å². The second kappa shape index (κ2) is 9.92. The summed E-state index contributed by atoms with van der Waals surface area (Å²) in [5.41, 5.74) is 0. The number of carbonyl (C=O) groups excluding carboxylic acids is 1. The maximum atomic E-state index is 11.7. The second-order valence-corrected chi connectivity index (χ2v) is 8.06. The average molecular weight is 378 g/mol. The molecule has 7 heteroatoms. The number of guanidine groups is 1. The molecule has 2 heterocycles. The monoisotopic (exact) mass is 377 g/mol. The Morgan fingerprint density at radius 1 is 1.31 bits per heavy atom. The van der Waals surface area contributed by atoms with Gasteiger partial charge in [0, 0.05) is 63.2 Å². The summed E-state index contributed by atoms with van der Waals surface area (Å²) in [4.78, 5) is 22.8. The van der Waals surface area contributed by atoms with Crippen LogP contribution in [0.4, 0.5) is 0 Å². The largest absolute Gasteiger partial charge is 0.357 e. The van der Waals surface area contributed by atoms with E-state index in [0.717, 1.165) is 64.5 Å². The second-order valence-electron chi connectivity index (χ2n) is 7.02. The Kier molecular flexibility index (Phi) is 7.32. The van der Waals surface area contributed by atoms with Crippen molar-refractivity contribution < 1.29 is 4.79 Å². The van der Waals surface area contributed by atoms with Crippen LogP contribution in [-0.2, 0) is 11.3 Å². The Labute approximate surface area is 160 Å². The molecule has 2 N–H and O–H groups in total. The highest BCUT2D eigenvalue weighted by Gasteiger charge is 2.23. The lowest BCUT2D eigenvalue weighted by atomic mass is 10.3. The molecule has 1 saturated heterocycles. The highest BCUT2D eigenvalue weighted by atomic mass is 32.1. The SMILES string of the molecule is CCNC(=NCCCC(=O)NC1CC1)N1CCN(Cc2cccs2)CC1. The molecule has 0 bridgehead atoms. The molecule has 26 heavy (non-hydrogen) atoms. The molecule has 0 atom stereocenters. The third kappa shape index (κ3) is 6.29. The van der Waals surface area contributed by atoms with E-state index in [1.807, 2.05) is 11.3 Å². The first kappa shape index (κ1) is 19.2. The number of aliphatic imine (C=N–C) groups is 1. The van der Waals surface area contributed by atoms with Crippen molar-refractivity contribution in [2.24, 2.45) is 4.99 Å². The van der Waals surface area contributed by atoms with E-state index in [9.17, 15) is 4.79 Å². The molecule has 2 fully saturated rings. The van der Waals surface area contributed by atoms with Crippen LogP contribution in [0, 0.1) is 0 Å². The zero-order chi connectivity index (χ0) is 18.2. The fourth-order valence-electron chi connectivity index (χ4n) is 3.12. The number of rotatable bonds is 8. The summed E-state index contributed by atoms with van der Waals surface area (Å²) in [6, 6.07) is 4.78. The molecule has 1 aromatic heterocycles. The molecular formula is C19H31N5OS. The van der Waals surface area contributed by atoms with Gasteiger partial charge in [0.2, 0.25) is 5.91 Å². The van der Waals surface area contributed by atoms with Crippen molar-refractivity contribution in [3.8, 4) is 0 Å². The third-order valence-electron chi connectivity index (χ3n) is 4.73. The summed E-state index contributed by atoms with van der Waals surface area (Å²) in [7, 11) is 0. The van der Waals surface area contributed by atoms with Gasteiger partial charge >= 0.3 is 0 Å². The molecule has 1 aliphatic carbocycles. The minimum Gasteiger partial charge on any atom is -0.357 e. The van der Waals surface area contributed by atoms with Crippen molar-refractivity contribution in [2.45, 2.75) is 45.2 Å². The number of nitrogens with one attached hydrogen (secondary N) is 2. The van der Waals surface area contributed by atoms with Crippen LogP contribution < -0.4 is 10.6 Å². The Balaban J connectivity index is 1.39. The standard InChI is InChI=1S/C19H31N5OS/c1-2-20-19(21-9-3-6-18(25)22-16-7-8-16)24-12-10-23(11-13-24)15-17-5-4-14-26-17/h4-5,14,16H,2-3,6-13,15H2,1H3,(H,20,21)(H,22,25). The van der Waals surface area contributed by atoms with Gasteiger partial charge in [-0.2, -0.15) is 0 Å². The maximum absolute atomic E-state index is 11.7. The predicted molar refractivity (Wildman–Crippen MR) is 108 cm³/mol. The van der Waals surface area contributed by atoms with Gasteiger partial charge in [-0.05, 0) is 37.6 Å². The molecule has 6 nitrogen and oxygen atoms in total. The number of carbonyl (C=O) groups is 1. The smallest absolute Gasteiger partial charge is 0.220 e. The van der Waals surface area contributed by atoms with E-state index in [4.69, 9.17) is 4.99 Å². The van der Waals surface area contributed by atoms with Gasteiger partial charge in [-0.1, -0.05) is 6.07 Å².